The number of amides is 1. The van der Waals surface area contributed by atoms with Gasteiger partial charge in [-0.2, -0.15) is 0 Å². The van der Waals surface area contributed by atoms with E-state index in [4.69, 9.17) is 39.6 Å². The summed E-state index contributed by atoms with van der Waals surface area (Å²) < 4.78 is 0. The zero-order valence-electron chi connectivity index (χ0n) is 22.3. The lowest BCUT2D eigenvalue weighted by Crippen LogP contribution is -2.48. The highest BCUT2D eigenvalue weighted by atomic mass is 16.4. The van der Waals surface area contributed by atoms with Gasteiger partial charge in [0.15, 0.2) is 0 Å². The first-order valence-electron chi connectivity index (χ1n) is 12.0. The molecule has 0 spiro atoms. The van der Waals surface area contributed by atoms with E-state index in [0.29, 0.717) is 12.8 Å². The Morgan fingerprint density at radius 1 is 0.821 bits per heavy atom. The van der Waals surface area contributed by atoms with Crippen LogP contribution in [0.25, 0.3) is 6.08 Å². The van der Waals surface area contributed by atoms with Crippen molar-refractivity contribution in [1.82, 2.24) is 15.1 Å². The number of hydrogen-bond acceptors (Lipinski definition) is 8. The molecule has 13 nitrogen and oxygen atoms in total. The fraction of sp³-hybridized carbons (Fsp3) is 0.462. The van der Waals surface area contributed by atoms with Crippen LogP contribution in [-0.2, 0) is 28.8 Å². The van der Waals surface area contributed by atoms with Crippen LogP contribution in [-0.4, -0.2) is 111 Å². The van der Waals surface area contributed by atoms with Gasteiger partial charge in [-0.05, 0) is 26.3 Å². The maximum absolute atomic E-state index is 12.2. The number of ketones is 1. The van der Waals surface area contributed by atoms with Crippen molar-refractivity contribution in [3.63, 3.8) is 0 Å². The lowest BCUT2D eigenvalue weighted by molar-refractivity contribution is -0.159. The molecule has 0 saturated carbocycles. The van der Waals surface area contributed by atoms with Gasteiger partial charge in [-0.3, -0.25) is 14.5 Å². The first kappa shape index (κ1) is 34.9. The standard InChI is InChI=1S/C22H33N3O2.2C2H2O4/c1-19(26)18-22(2,3)23-21(27)11-13-25-16-14-24(15-17-25)12-7-10-20-8-5-4-6-9-20;2*3-1(4)2(5)6/h4-10H,11-18H2,1-3H3,(H,23,27);2*(H,3,4)(H,5,6). The van der Waals surface area contributed by atoms with E-state index < -0.39 is 29.4 Å². The van der Waals surface area contributed by atoms with Gasteiger partial charge in [0.25, 0.3) is 0 Å². The molecule has 1 aliphatic heterocycles. The highest BCUT2D eigenvalue weighted by molar-refractivity contribution is 6.27. The molecule has 1 amide bonds. The first-order chi connectivity index (χ1) is 18.1. The number of nitrogens with zero attached hydrogens (tertiary/aromatic N) is 2. The van der Waals surface area contributed by atoms with E-state index in [1.54, 1.807) is 6.92 Å². The summed E-state index contributed by atoms with van der Waals surface area (Å²) >= 11 is 0. The maximum Gasteiger partial charge on any atom is 0.414 e. The Morgan fingerprint density at radius 2 is 1.28 bits per heavy atom. The zero-order valence-corrected chi connectivity index (χ0v) is 22.3. The smallest absolute Gasteiger partial charge is 0.414 e. The second-order valence-corrected chi connectivity index (χ2v) is 9.24. The molecule has 216 valence electrons. The summed E-state index contributed by atoms with van der Waals surface area (Å²) in [6.07, 6.45) is 5.23. The number of carboxylic acids is 4. The molecule has 0 radical (unpaired) electrons. The Kier molecular flexibility index (Phi) is 16.3. The summed E-state index contributed by atoms with van der Waals surface area (Å²) in [6, 6.07) is 10.3. The SMILES string of the molecule is CC(=O)CC(C)(C)NC(=O)CCN1CCN(CC=Cc2ccccc2)CC1.O=C(O)C(=O)O.O=C(O)C(=O)O. The summed E-state index contributed by atoms with van der Waals surface area (Å²) in [7, 11) is 0. The molecule has 1 aliphatic rings. The van der Waals surface area contributed by atoms with Gasteiger partial charge in [0.05, 0.1) is 0 Å². The van der Waals surface area contributed by atoms with Crippen LogP contribution >= 0.6 is 0 Å². The summed E-state index contributed by atoms with van der Waals surface area (Å²) in [6.45, 7) is 11.1. The first-order valence-corrected chi connectivity index (χ1v) is 12.0. The molecule has 13 heteroatoms. The number of aliphatic carboxylic acids is 4. The van der Waals surface area contributed by atoms with E-state index in [1.165, 1.54) is 5.56 Å². The highest BCUT2D eigenvalue weighted by Crippen LogP contribution is 2.10. The van der Waals surface area contributed by atoms with Gasteiger partial charge in [-0.1, -0.05) is 42.5 Å². The molecule has 0 unspecified atom stereocenters. The van der Waals surface area contributed by atoms with Gasteiger partial charge in [0.2, 0.25) is 5.91 Å². The molecule has 1 aromatic rings. The predicted molar refractivity (Wildman–Crippen MR) is 141 cm³/mol. The molecule has 1 saturated heterocycles. The molecule has 5 N–H and O–H groups in total. The summed E-state index contributed by atoms with van der Waals surface area (Å²) in [5, 5.41) is 32.5. The minimum Gasteiger partial charge on any atom is -0.473 e. The third kappa shape index (κ3) is 18.7. The lowest BCUT2D eigenvalue weighted by Gasteiger charge is -2.34. The summed E-state index contributed by atoms with van der Waals surface area (Å²) in [5.41, 5.74) is 0.766. The van der Waals surface area contributed by atoms with Crippen LogP contribution in [0.3, 0.4) is 0 Å². The normalized spacial score (nSPS) is 13.7. The molecular weight excluding hydrogens is 514 g/mol. The Morgan fingerprint density at radius 3 is 1.72 bits per heavy atom. The number of benzene rings is 1. The minimum atomic E-state index is -1.82. The highest BCUT2D eigenvalue weighted by Gasteiger charge is 2.23. The van der Waals surface area contributed by atoms with Crippen molar-refractivity contribution < 1.29 is 49.2 Å². The third-order valence-corrected chi connectivity index (χ3v) is 5.13. The van der Waals surface area contributed by atoms with Crippen molar-refractivity contribution >= 4 is 41.6 Å². The quantitative estimate of drug-likeness (QED) is 0.272. The van der Waals surface area contributed by atoms with Crippen LogP contribution in [0.15, 0.2) is 36.4 Å². The fourth-order valence-electron chi connectivity index (χ4n) is 3.46. The topological polar surface area (TPSA) is 202 Å². The molecule has 0 aromatic heterocycles. The van der Waals surface area contributed by atoms with Crippen molar-refractivity contribution in [2.45, 2.75) is 39.2 Å². The van der Waals surface area contributed by atoms with Crippen molar-refractivity contribution in [1.29, 1.82) is 0 Å². The molecule has 1 heterocycles. The van der Waals surface area contributed by atoms with Crippen molar-refractivity contribution in [2.24, 2.45) is 0 Å². The van der Waals surface area contributed by atoms with Crippen LogP contribution in [0.2, 0.25) is 0 Å². The van der Waals surface area contributed by atoms with Gasteiger partial charge >= 0.3 is 23.9 Å². The van der Waals surface area contributed by atoms with E-state index in [2.05, 4.69) is 51.5 Å². The van der Waals surface area contributed by atoms with Gasteiger partial charge in [0, 0.05) is 57.6 Å². The number of hydrogen-bond donors (Lipinski definition) is 5. The summed E-state index contributed by atoms with van der Waals surface area (Å²) in [5.74, 6) is -7.18. The molecule has 0 atom stereocenters. The summed E-state index contributed by atoms with van der Waals surface area (Å²) in [4.78, 5) is 64.6. The number of nitrogens with one attached hydrogen (secondary N) is 1. The van der Waals surface area contributed by atoms with E-state index in [1.807, 2.05) is 19.9 Å². The Bertz CT molecular complexity index is 952. The molecule has 1 fully saturated rings. The van der Waals surface area contributed by atoms with Crippen LogP contribution in [0, 0.1) is 0 Å². The van der Waals surface area contributed by atoms with Gasteiger partial charge in [-0.25, -0.2) is 19.2 Å². The van der Waals surface area contributed by atoms with Crippen LogP contribution < -0.4 is 5.32 Å². The third-order valence-electron chi connectivity index (χ3n) is 5.13. The molecule has 39 heavy (non-hydrogen) atoms. The number of piperazine rings is 1. The van der Waals surface area contributed by atoms with E-state index in [9.17, 15) is 9.59 Å². The van der Waals surface area contributed by atoms with E-state index >= 15 is 0 Å². The Balaban J connectivity index is 0.00000100. The largest absolute Gasteiger partial charge is 0.473 e. The van der Waals surface area contributed by atoms with Gasteiger partial charge in [-0.15, -0.1) is 0 Å². The van der Waals surface area contributed by atoms with Gasteiger partial charge < -0.3 is 30.6 Å². The zero-order chi connectivity index (χ0) is 30.0. The molecule has 0 bridgehead atoms. The molecule has 0 aliphatic carbocycles. The Hall–Kier alpha value is -4.10. The second-order valence-electron chi connectivity index (χ2n) is 9.24. The van der Waals surface area contributed by atoms with Crippen molar-refractivity contribution in [2.75, 3.05) is 39.3 Å². The number of rotatable bonds is 9. The van der Waals surface area contributed by atoms with Crippen LogP contribution in [0.4, 0.5) is 0 Å². The van der Waals surface area contributed by atoms with E-state index in [-0.39, 0.29) is 11.7 Å². The van der Waals surface area contributed by atoms with Crippen molar-refractivity contribution in [3.8, 4) is 0 Å². The maximum atomic E-state index is 12.2. The molecular formula is C26H37N3O10. The average molecular weight is 552 g/mol. The number of carbonyl (C=O) groups is 6. The number of carboxylic acid groups (broad SMARTS) is 4. The number of Topliss-reactive ketones (excluding diaryl/α,β-unsaturated/α-hetero) is 1. The van der Waals surface area contributed by atoms with Crippen LogP contribution in [0.1, 0.15) is 39.2 Å². The average Bonchev–Trinajstić information content (AvgIpc) is 2.83. The predicted octanol–water partition coefficient (Wildman–Crippen LogP) is 0.893. The Labute approximate surface area is 226 Å². The second kappa shape index (κ2) is 18.2. The fourth-order valence-corrected chi connectivity index (χ4v) is 3.46. The minimum absolute atomic E-state index is 0.0227. The molecule has 1 aromatic carbocycles. The van der Waals surface area contributed by atoms with Crippen LogP contribution in [0.5, 0.6) is 0 Å². The monoisotopic (exact) mass is 551 g/mol. The van der Waals surface area contributed by atoms with E-state index in [0.717, 1.165) is 39.3 Å². The lowest BCUT2D eigenvalue weighted by atomic mass is 9.98. The van der Waals surface area contributed by atoms with Gasteiger partial charge in [0.1, 0.15) is 5.78 Å². The number of carbonyl (C=O) groups excluding carboxylic acids is 2. The molecule has 2 rings (SSSR count). The van der Waals surface area contributed by atoms with Crippen molar-refractivity contribution in [3.05, 3.63) is 42.0 Å².